The van der Waals surface area contributed by atoms with Crippen LogP contribution in [0.3, 0.4) is 0 Å². The Balaban J connectivity index is 2.00. The maximum atomic E-state index is 8.57. The van der Waals surface area contributed by atoms with Crippen molar-refractivity contribution in [3.8, 4) is 6.07 Å². The highest BCUT2D eigenvalue weighted by atomic mass is 16.4. The number of rotatable bonds is 3. The first-order valence-electron chi connectivity index (χ1n) is 5.08. The monoisotopic (exact) mass is 229 g/mol. The van der Waals surface area contributed by atoms with Gasteiger partial charge in [0.1, 0.15) is 17.6 Å². The van der Waals surface area contributed by atoms with E-state index in [4.69, 9.17) is 9.68 Å². The van der Waals surface area contributed by atoms with Crippen LogP contribution in [0.1, 0.15) is 23.0 Å². The van der Waals surface area contributed by atoms with Gasteiger partial charge in [-0.3, -0.25) is 0 Å². The van der Waals surface area contributed by atoms with Crippen molar-refractivity contribution in [2.45, 2.75) is 20.4 Å². The fraction of sp³-hybridized carbons (Fsp3) is 0.273. The molecule has 2 aromatic heterocycles. The maximum absolute atomic E-state index is 8.57. The molecule has 0 aliphatic heterocycles. The van der Waals surface area contributed by atoms with E-state index in [1.54, 1.807) is 0 Å². The molecule has 0 aliphatic rings. The quantitative estimate of drug-likeness (QED) is 0.859. The largest absolute Gasteiger partial charge is 0.444 e. The van der Waals surface area contributed by atoms with E-state index in [1.165, 1.54) is 12.4 Å². The zero-order valence-corrected chi connectivity index (χ0v) is 9.56. The number of hydrogen-bond donors (Lipinski definition) is 1. The molecule has 0 radical (unpaired) electrons. The molecule has 0 atom stereocenters. The first kappa shape index (κ1) is 11.1. The highest BCUT2D eigenvalue weighted by molar-refractivity contribution is 5.33. The first-order valence-corrected chi connectivity index (χ1v) is 5.08. The molecular weight excluding hydrogens is 218 g/mol. The van der Waals surface area contributed by atoms with Gasteiger partial charge >= 0.3 is 0 Å². The Morgan fingerprint density at radius 3 is 2.71 bits per heavy atom. The number of aryl methyl sites for hydroxylation is 2. The summed E-state index contributed by atoms with van der Waals surface area (Å²) in [5.41, 5.74) is 1.17. The third-order valence-corrected chi connectivity index (χ3v) is 2.26. The smallest absolute Gasteiger partial charge is 0.213 e. The summed E-state index contributed by atoms with van der Waals surface area (Å²) in [5.74, 6) is 2.00. The fourth-order valence-corrected chi connectivity index (χ4v) is 1.26. The van der Waals surface area contributed by atoms with E-state index in [0.29, 0.717) is 23.9 Å². The third kappa shape index (κ3) is 2.58. The molecule has 2 rings (SSSR count). The lowest BCUT2D eigenvalue weighted by Crippen LogP contribution is -2.02. The number of nitrogens with one attached hydrogen (secondary N) is 1. The van der Waals surface area contributed by atoms with E-state index in [2.05, 4.69) is 20.3 Å². The van der Waals surface area contributed by atoms with Gasteiger partial charge in [-0.2, -0.15) is 5.26 Å². The Morgan fingerprint density at radius 2 is 2.18 bits per heavy atom. The van der Waals surface area contributed by atoms with Crippen LogP contribution in [-0.4, -0.2) is 15.0 Å². The second-order valence-electron chi connectivity index (χ2n) is 3.50. The van der Waals surface area contributed by atoms with E-state index in [0.717, 1.165) is 11.5 Å². The molecule has 86 valence electrons. The van der Waals surface area contributed by atoms with Gasteiger partial charge in [0, 0.05) is 0 Å². The van der Waals surface area contributed by atoms with E-state index in [-0.39, 0.29) is 0 Å². The average Bonchev–Trinajstić information content (AvgIpc) is 2.67. The van der Waals surface area contributed by atoms with Gasteiger partial charge in [-0.1, -0.05) is 0 Å². The Bertz CT molecular complexity index is 533. The van der Waals surface area contributed by atoms with Crippen molar-refractivity contribution in [2.24, 2.45) is 0 Å². The Labute approximate surface area is 98.3 Å². The second kappa shape index (κ2) is 4.61. The molecule has 2 heterocycles. The highest BCUT2D eigenvalue weighted by Crippen LogP contribution is 2.09. The number of nitriles is 1. The summed E-state index contributed by atoms with van der Waals surface area (Å²) < 4.78 is 5.41. The van der Waals surface area contributed by atoms with Gasteiger partial charge in [0.05, 0.1) is 24.6 Å². The SMILES string of the molecule is Cc1nc(CNc2cnc(C#N)cn2)oc1C. The number of hydrogen-bond acceptors (Lipinski definition) is 6. The van der Waals surface area contributed by atoms with Crippen molar-refractivity contribution >= 4 is 5.82 Å². The minimum atomic E-state index is 0.290. The predicted molar refractivity (Wildman–Crippen MR) is 60.1 cm³/mol. The molecule has 0 aliphatic carbocycles. The Morgan fingerprint density at radius 1 is 1.35 bits per heavy atom. The third-order valence-electron chi connectivity index (χ3n) is 2.26. The summed E-state index contributed by atoms with van der Waals surface area (Å²) in [6, 6.07) is 1.91. The molecule has 17 heavy (non-hydrogen) atoms. The van der Waals surface area contributed by atoms with Crippen molar-refractivity contribution in [2.75, 3.05) is 5.32 Å². The molecule has 0 fully saturated rings. The molecule has 6 nitrogen and oxygen atoms in total. The van der Waals surface area contributed by atoms with Crippen LogP contribution in [-0.2, 0) is 6.54 Å². The molecule has 0 amide bonds. The van der Waals surface area contributed by atoms with E-state index < -0.39 is 0 Å². The molecule has 0 unspecified atom stereocenters. The molecule has 0 saturated heterocycles. The zero-order valence-electron chi connectivity index (χ0n) is 9.56. The van der Waals surface area contributed by atoms with Gasteiger partial charge in [0.2, 0.25) is 5.89 Å². The molecule has 0 bridgehead atoms. The lowest BCUT2D eigenvalue weighted by atomic mass is 10.4. The van der Waals surface area contributed by atoms with Crippen molar-refractivity contribution in [1.82, 2.24) is 15.0 Å². The predicted octanol–water partition coefficient (Wildman–Crippen LogP) is 1.57. The number of oxazole rings is 1. The van der Waals surface area contributed by atoms with Crippen molar-refractivity contribution in [3.05, 3.63) is 35.4 Å². The van der Waals surface area contributed by atoms with Crippen molar-refractivity contribution in [3.63, 3.8) is 0 Å². The van der Waals surface area contributed by atoms with Crippen LogP contribution in [0.4, 0.5) is 5.82 Å². The fourth-order valence-electron chi connectivity index (χ4n) is 1.26. The average molecular weight is 229 g/mol. The van der Waals surface area contributed by atoms with E-state index >= 15 is 0 Å². The summed E-state index contributed by atoms with van der Waals surface area (Å²) >= 11 is 0. The van der Waals surface area contributed by atoms with Gasteiger partial charge in [0.15, 0.2) is 5.69 Å². The van der Waals surface area contributed by atoms with Gasteiger partial charge in [-0.05, 0) is 13.8 Å². The van der Waals surface area contributed by atoms with Crippen LogP contribution in [0, 0.1) is 25.2 Å². The maximum Gasteiger partial charge on any atom is 0.213 e. The minimum absolute atomic E-state index is 0.290. The second-order valence-corrected chi connectivity index (χ2v) is 3.50. The van der Waals surface area contributed by atoms with Crippen LogP contribution in [0.25, 0.3) is 0 Å². The van der Waals surface area contributed by atoms with Crippen LogP contribution < -0.4 is 5.32 Å². The normalized spacial score (nSPS) is 9.94. The number of aromatic nitrogens is 3. The minimum Gasteiger partial charge on any atom is -0.444 e. The van der Waals surface area contributed by atoms with Gasteiger partial charge < -0.3 is 9.73 Å². The molecular formula is C11H11N5O. The van der Waals surface area contributed by atoms with E-state index in [1.807, 2.05) is 19.9 Å². The zero-order chi connectivity index (χ0) is 12.3. The first-order chi connectivity index (χ1) is 8.19. The standard InChI is InChI=1S/C11H11N5O/c1-7-8(2)17-11(16-7)6-15-10-5-13-9(3-12)4-14-10/h4-5H,6H2,1-2H3,(H,14,15). The lowest BCUT2D eigenvalue weighted by Gasteiger charge is -2.01. The highest BCUT2D eigenvalue weighted by Gasteiger charge is 2.05. The van der Waals surface area contributed by atoms with Gasteiger partial charge in [-0.15, -0.1) is 0 Å². The topological polar surface area (TPSA) is 87.6 Å². The van der Waals surface area contributed by atoms with Gasteiger partial charge in [0.25, 0.3) is 0 Å². The van der Waals surface area contributed by atoms with Crippen LogP contribution in [0.5, 0.6) is 0 Å². The number of anilines is 1. The molecule has 0 saturated carbocycles. The van der Waals surface area contributed by atoms with Crippen LogP contribution in [0.15, 0.2) is 16.8 Å². The molecule has 2 aromatic rings. The molecule has 0 spiro atoms. The van der Waals surface area contributed by atoms with E-state index in [9.17, 15) is 0 Å². The van der Waals surface area contributed by atoms with Crippen LogP contribution >= 0.6 is 0 Å². The van der Waals surface area contributed by atoms with Crippen LogP contribution in [0.2, 0.25) is 0 Å². The number of nitrogens with zero attached hydrogens (tertiary/aromatic N) is 4. The molecule has 1 N–H and O–H groups in total. The molecule has 6 heteroatoms. The molecule has 0 aromatic carbocycles. The van der Waals surface area contributed by atoms with Crippen molar-refractivity contribution < 1.29 is 4.42 Å². The lowest BCUT2D eigenvalue weighted by molar-refractivity contribution is 0.478. The Hall–Kier alpha value is -2.42. The summed E-state index contributed by atoms with van der Waals surface area (Å²) in [6.07, 6.45) is 2.91. The summed E-state index contributed by atoms with van der Waals surface area (Å²) in [4.78, 5) is 12.2. The summed E-state index contributed by atoms with van der Waals surface area (Å²) in [5, 5.41) is 11.6. The summed E-state index contributed by atoms with van der Waals surface area (Å²) in [7, 11) is 0. The van der Waals surface area contributed by atoms with Crippen molar-refractivity contribution in [1.29, 1.82) is 5.26 Å². The summed E-state index contributed by atoms with van der Waals surface area (Å²) in [6.45, 7) is 4.20. The Kier molecular flexibility index (Phi) is 3.01. The van der Waals surface area contributed by atoms with Gasteiger partial charge in [-0.25, -0.2) is 15.0 Å².